The van der Waals surface area contributed by atoms with Crippen molar-refractivity contribution in [2.75, 3.05) is 0 Å². The van der Waals surface area contributed by atoms with Crippen molar-refractivity contribution in [3.8, 4) is 0 Å². The Hall–Kier alpha value is -0.120. The summed E-state index contributed by atoms with van der Waals surface area (Å²) in [5.74, 6) is 0.438. The first-order valence-electron chi connectivity index (χ1n) is 7.26. The van der Waals surface area contributed by atoms with E-state index < -0.39 is 11.7 Å². The van der Waals surface area contributed by atoms with E-state index in [1.807, 2.05) is 0 Å². The lowest BCUT2D eigenvalue weighted by atomic mass is 9.51. The third-order valence-corrected chi connectivity index (χ3v) is 5.71. The van der Waals surface area contributed by atoms with E-state index in [2.05, 4.69) is 13.8 Å². The van der Waals surface area contributed by atoms with Gasteiger partial charge in [0.25, 0.3) is 0 Å². The highest BCUT2D eigenvalue weighted by Gasteiger charge is 2.55. The fourth-order valence-electron chi connectivity index (χ4n) is 4.52. The van der Waals surface area contributed by atoms with Gasteiger partial charge in [-0.1, -0.05) is 13.8 Å². The number of hydrogen-bond donors (Lipinski definition) is 3. The lowest BCUT2D eigenvalue weighted by Gasteiger charge is -2.57. The molecule has 3 N–H and O–H groups in total. The molecule has 106 valence electrons. The van der Waals surface area contributed by atoms with Crippen LogP contribution in [0.2, 0.25) is 0 Å². The summed E-state index contributed by atoms with van der Waals surface area (Å²) in [4.78, 5) is 0. The summed E-state index contributed by atoms with van der Waals surface area (Å²) in [7, 11) is 0. The molecule has 2 aliphatic carbocycles. The second-order valence-electron chi connectivity index (χ2n) is 7.39. The normalized spacial score (nSPS) is 49.8. The maximum Gasteiger partial charge on any atom is 0.0644 e. The van der Waals surface area contributed by atoms with Gasteiger partial charge in [-0.25, -0.2) is 0 Å². The van der Waals surface area contributed by atoms with Crippen molar-refractivity contribution in [3.05, 3.63) is 0 Å². The molecule has 0 aromatic heterocycles. The van der Waals surface area contributed by atoms with Gasteiger partial charge in [-0.15, -0.1) is 0 Å². The predicted octanol–water partition coefficient (Wildman–Crippen LogP) is 1.94. The quantitative estimate of drug-likeness (QED) is 0.672. The van der Waals surface area contributed by atoms with E-state index in [1.54, 1.807) is 13.8 Å². The van der Waals surface area contributed by atoms with Crippen molar-refractivity contribution >= 4 is 0 Å². The molecular formula is C15H28O3. The van der Waals surface area contributed by atoms with Crippen LogP contribution in [0.15, 0.2) is 0 Å². The van der Waals surface area contributed by atoms with Gasteiger partial charge in [0, 0.05) is 5.92 Å². The summed E-state index contributed by atoms with van der Waals surface area (Å²) < 4.78 is 0. The van der Waals surface area contributed by atoms with Crippen LogP contribution in [-0.2, 0) is 0 Å². The zero-order chi connectivity index (χ0) is 13.7. The van der Waals surface area contributed by atoms with Gasteiger partial charge < -0.3 is 15.3 Å². The summed E-state index contributed by atoms with van der Waals surface area (Å²) in [6.07, 6.45) is 2.69. The Balaban J connectivity index is 2.29. The van der Waals surface area contributed by atoms with Gasteiger partial charge >= 0.3 is 0 Å². The minimum Gasteiger partial charge on any atom is -0.393 e. The zero-order valence-electron chi connectivity index (χ0n) is 12.1. The number of fused-ring (bicyclic) bond motifs is 1. The number of aliphatic hydroxyl groups is 3. The lowest BCUT2D eigenvalue weighted by Crippen LogP contribution is -2.59. The molecule has 3 nitrogen and oxygen atoms in total. The molecule has 0 unspecified atom stereocenters. The molecule has 2 rings (SSSR count). The van der Waals surface area contributed by atoms with Crippen LogP contribution >= 0.6 is 0 Å². The van der Waals surface area contributed by atoms with Crippen LogP contribution < -0.4 is 0 Å². The second kappa shape index (κ2) is 4.46. The molecule has 0 aromatic carbocycles. The third kappa shape index (κ3) is 2.10. The van der Waals surface area contributed by atoms with Crippen molar-refractivity contribution in [1.82, 2.24) is 0 Å². The van der Waals surface area contributed by atoms with Crippen LogP contribution in [0, 0.1) is 23.2 Å². The topological polar surface area (TPSA) is 60.7 Å². The third-order valence-electron chi connectivity index (χ3n) is 5.71. The summed E-state index contributed by atoms with van der Waals surface area (Å²) in [5.41, 5.74) is -1.03. The molecule has 0 bridgehead atoms. The molecule has 0 radical (unpaired) electrons. The molecule has 0 aromatic rings. The highest BCUT2D eigenvalue weighted by atomic mass is 16.3. The lowest BCUT2D eigenvalue weighted by molar-refractivity contribution is -0.184. The van der Waals surface area contributed by atoms with Gasteiger partial charge in [-0.2, -0.15) is 0 Å². The Labute approximate surface area is 110 Å². The van der Waals surface area contributed by atoms with E-state index >= 15 is 0 Å². The predicted molar refractivity (Wildman–Crippen MR) is 71.0 cm³/mol. The van der Waals surface area contributed by atoms with Crippen LogP contribution in [0.4, 0.5) is 0 Å². The molecule has 0 saturated heterocycles. The summed E-state index contributed by atoms with van der Waals surface area (Å²) in [6, 6.07) is 0. The number of aliphatic hydroxyl groups excluding tert-OH is 2. The minimum atomic E-state index is -0.844. The zero-order valence-corrected chi connectivity index (χ0v) is 12.1. The van der Waals surface area contributed by atoms with E-state index in [0.29, 0.717) is 5.92 Å². The van der Waals surface area contributed by atoms with Crippen molar-refractivity contribution in [1.29, 1.82) is 0 Å². The van der Waals surface area contributed by atoms with Crippen LogP contribution in [0.25, 0.3) is 0 Å². The molecule has 3 heteroatoms. The van der Waals surface area contributed by atoms with Gasteiger partial charge in [0.05, 0.1) is 17.8 Å². The van der Waals surface area contributed by atoms with E-state index in [9.17, 15) is 15.3 Å². The number of rotatable bonds is 1. The van der Waals surface area contributed by atoms with E-state index in [0.717, 1.165) is 25.7 Å². The molecule has 0 amide bonds. The fraction of sp³-hybridized carbons (Fsp3) is 1.00. The second-order valence-corrected chi connectivity index (χ2v) is 7.39. The van der Waals surface area contributed by atoms with E-state index in [4.69, 9.17) is 0 Å². The van der Waals surface area contributed by atoms with Crippen molar-refractivity contribution in [2.24, 2.45) is 23.2 Å². The monoisotopic (exact) mass is 256 g/mol. The summed E-state index contributed by atoms with van der Waals surface area (Å²) in [6.45, 7) is 7.85. The smallest absolute Gasteiger partial charge is 0.0644 e. The standard InChI is InChI=1S/C15H28O3/c1-9-5-6-11(16)15(4)8-7-10(14(2,3)18)13(17)12(9)15/h9-13,16-18H,5-8H2,1-4H3/t9-,10-,11+,12+,13-,15-/m1/s1. The minimum absolute atomic E-state index is 0.0803. The number of hydrogen-bond acceptors (Lipinski definition) is 3. The first-order valence-corrected chi connectivity index (χ1v) is 7.26. The molecule has 6 atom stereocenters. The molecule has 2 aliphatic rings. The summed E-state index contributed by atoms with van der Waals surface area (Å²) >= 11 is 0. The average molecular weight is 256 g/mol. The Morgan fingerprint density at radius 2 is 1.72 bits per heavy atom. The van der Waals surface area contributed by atoms with Crippen molar-refractivity contribution < 1.29 is 15.3 Å². The van der Waals surface area contributed by atoms with Gasteiger partial charge in [0.15, 0.2) is 0 Å². The van der Waals surface area contributed by atoms with Crippen LogP contribution in [0.1, 0.15) is 53.4 Å². The van der Waals surface area contributed by atoms with Gasteiger partial charge in [0.2, 0.25) is 0 Å². The van der Waals surface area contributed by atoms with Gasteiger partial charge in [-0.05, 0) is 56.8 Å². The highest BCUT2D eigenvalue weighted by molar-refractivity contribution is 5.05. The molecule has 0 aliphatic heterocycles. The Bertz CT molecular complexity index is 309. The maximum atomic E-state index is 10.7. The van der Waals surface area contributed by atoms with Crippen molar-refractivity contribution in [3.63, 3.8) is 0 Å². The molecular weight excluding hydrogens is 228 g/mol. The molecule has 0 spiro atoms. The molecule has 18 heavy (non-hydrogen) atoms. The first-order chi connectivity index (χ1) is 8.18. The Morgan fingerprint density at radius 1 is 1.11 bits per heavy atom. The molecule has 0 heterocycles. The van der Waals surface area contributed by atoms with E-state index in [-0.39, 0.29) is 23.4 Å². The first kappa shape index (κ1) is 14.3. The Kier molecular flexibility index (Phi) is 3.54. The maximum absolute atomic E-state index is 10.7. The Morgan fingerprint density at radius 3 is 2.28 bits per heavy atom. The largest absolute Gasteiger partial charge is 0.393 e. The molecule has 2 saturated carbocycles. The van der Waals surface area contributed by atoms with Gasteiger partial charge in [0.1, 0.15) is 0 Å². The average Bonchev–Trinajstić information content (AvgIpc) is 2.22. The highest BCUT2D eigenvalue weighted by Crippen LogP contribution is 2.55. The van der Waals surface area contributed by atoms with E-state index in [1.165, 1.54) is 0 Å². The van der Waals surface area contributed by atoms with Crippen LogP contribution in [0.3, 0.4) is 0 Å². The van der Waals surface area contributed by atoms with Gasteiger partial charge in [-0.3, -0.25) is 0 Å². The van der Waals surface area contributed by atoms with Crippen LogP contribution in [-0.4, -0.2) is 33.1 Å². The fourth-order valence-corrected chi connectivity index (χ4v) is 4.52. The molecule has 2 fully saturated rings. The van der Waals surface area contributed by atoms with Crippen LogP contribution in [0.5, 0.6) is 0 Å². The van der Waals surface area contributed by atoms with Crippen molar-refractivity contribution in [2.45, 2.75) is 71.2 Å². The summed E-state index contributed by atoms with van der Waals surface area (Å²) in [5, 5.41) is 31.2. The SMILES string of the molecule is C[C@@H]1CC[C@H](O)[C@@]2(C)CC[C@@H](C(C)(C)O)[C@@H](O)[C@H]12.